The minimum atomic E-state index is -4.52. The summed E-state index contributed by atoms with van der Waals surface area (Å²) in [4.78, 5) is 20.7. The number of benzene rings is 1. The molecule has 2 rings (SSSR count). The molecule has 1 heterocycles. The molecule has 0 atom stereocenters. The van der Waals surface area contributed by atoms with Gasteiger partial charge in [0, 0.05) is 12.6 Å². The van der Waals surface area contributed by atoms with Gasteiger partial charge in [0.25, 0.3) is 5.91 Å². The SMILES string of the molecule is CCc1sc(C(F)(F)F)nc1OCc1ccccc1C(=NOC)C(=O)NC. The summed E-state index contributed by atoms with van der Waals surface area (Å²) in [5, 5.41) is 5.25. The number of ether oxygens (including phenoxy) is 1. The van der Waals surface area contributed by atoms with Crippen molar-refractivity contribution in [1.82, 2.24) is 10.3 Å². The summed E-state index contributed by atoms with van der Waals surface area (Å²) in [6, 6.07) is 6.76. The number of aromatic nitrogens is 1. The number of hydrogen-bond donors (Lipinski definition) is 1. The van der Waals surface area contributed by atoms with Crippen LogP contribution in [0.4, 0.5) is 13.2 Å². The fourth-order valence-electron chi connectivity index (χ4n) is 2.24. The average Bonchev–Trinajstić information content (AvgIpc) is 3.08. The number of alkyl halides is 3. The summed E-state index contributed by atoms with van der Waals surface area (Å²) < 4.78 is 44.2. The molecule has 0 spiro atoms. The van der Waals surface area contributed by atoms with E-state index in [0.717, 1.165) is 0 Å². The van der Waals surface area contributed by atoms with Crippen LogP contribution in [-0.4, -0.2) is 30.8 Å². The molecular formula is C17H18F3N3O3S. The molecule has 0 aliphatic carbocycles. The molecule has 0 saturated carbocycles. The van der Waals surface area contributed by atoms with E-state index in [-0.39, 0.29) is 18.2 Å². The highest BCUT2D eigenvalue weighted by Gasteiger charge is 2.36. The van der Waals surface area contributed by atoms with Gasteiger partial charge in [0.1, 0.15) is 13.7 Å². The molecule has 10 heteroatoms. The van der Waals surface area contributed by atoms with E-state index in [1.165, 1.54) is 14.2 Å². The van der Waals surface area contributed by atoms with E-state index >= 15 is 0 Å². The first-order valence-electron chi connectivity index (χ1n) is 7.93. The number of amides is 1. The normalized spacial score (nSPS) is 12.0. The van der Waals surface area contributed by atoms with Crippen molar-refractivity contribution >= 4 is 23.0 Å². The number of carbonyl (C=O) groups is 1. The van der Waals surface area contributed by atoms with Crippen molar-refractivity contribution < 1.29 is 27.5 Å². The van der Waals surface area contributed by atoms with Crippen LogP contribution in [0.15, 0.2) is 29.4 Å². The number of likely N-dealkylation sites (N-methyl/N-ethyl adjacent to an activating group) is 1. The number of halogens is 3. The molecule has 0 bridgehead atoms. The Kier molecular flexibility index (Phi) is 6.78. The molecule has 1 amide bonds. The van der Waals surface area contributed by atoms with Crippen LogP contribution in [0.1, 0.15) is 27.9 Å². The topological polar surface area (TPSA) is 72.8 Å². The molecule has 0 aliphatic heterocycles. The Balaban J connectivity index is 2.31. The first-order valence-corrected chi connectivity index (χ1v) is 8.74. The van der Waals surface area contributed by atoms with E-state index in [1.807, 2.05) is 0 Å². The van der Waals surface area contributed by atoms with Crippen molar-refractivity contribution in [1.29, 1.82) is 0 Å². The Bertz CT molecular complexity index is 834. The van der Waals surface area contributed by atoms with Gasteiger partial charge in [0.05, 0.1) is 4.88 Å². The van der Waals surface area contributed by atoms with Gasteiger partial charge in [-0.05, 0) is 12.0 Å². The summed E-state index contributed by atoms with van der Waals surface area (Å²) in [6.07, 6.45) is -4.16. The van der Waals surface area contributed by atoms with Crippen LogP contribution in [0.2, 0.25) is 0 Å². The lowest BCUT2D eigenvalue weighted by Gasteiger charge is -2.11. The summed E-state index contributed by atoms with van der Waals surface area (Å²) in [7, 11) is 2.76. The number of aryl methyl sites for hydroxylation is 1. The maximum absolute atomic E-state index is 12.9. The first kappa shape index (κ1) is 20.7. The van der Waals surface area contributed by atoms with Crippen molar-refractivity contribution in [2.24, 2.45) is 5.16 Å². The molecule has 6 nitrogen and oxygen atoms in total. The largest absolute Gasteiger partial charge is 0.472 e. The van der Waals surface area contributed by atoms with Gasteiger partial charge >= 0.3 is 6.18 Å². The van der Waals surface area contributed by atoms with Crippen LogP contribution in [0, 0.1) is 0 Å². The second-order valence-corrected chi connectivity index (χ2v) is 6.33. The molecule has 0 radical (unpaired) electrons. The molecule has 27 heavy (non-hydrogen) atoms. The number of oxime groups is 1. The van der Waals surface area contributed by atoms with Gasteiger partial charge in [0.15, 0.2) is 5.71 Å². The lowest BCUT2D eigenvalue weighted by atomic mass is 10.0. The van der Waals surface area contributed by atoms with Crippen LogP contribution in [0.25, 0.3) is 0 Å². The Hall–Kier alpha value is -2.62. The van der Waals surface area contributed by atoms with E-state index in [1.54, 1.807) is 31.2 Å². The Labute approximate surface area is 158 Å². The molecule has 1 aromatic carbocycles. The molecule has 0 saturated heterocycles. The highest BCUT2D eigenvalue weighted by molar-refractivity contribution is 7.12. The highest BCUT2D eigenvalue weighted by Crippen LogP contribution is 2.37. The predicted molar refractivity (Wildman–Crippen MR) is 94.9 cm³/mol. The quantitative estimate of drug-likeness (QED) is 0.570. The number of thiazole rings is 1. The standard InChI is InChI=1S/C17H18F3N3O3S/c1-4-12-15(22-16(27-12)17(18,19)20)26-9-10-7-5-6-8-11(10)13(23-25-3)14(24)21-2/h5-8H,4,9H2,1-3H3,(H,21,24). The van der Waals surface area contributed by atoms with Crippen LogP contribution in [0.5, 0.6) is 5.88 Å². The fourth-order valence-corrected chi connectivity index (χ4v) is 3.05. The summed E-state index contributed by atoms with van der Waals surface area (Å²) in [5.74, 6) is -0.527. The molecule has 1 N–H and O–H groups in total. The van der Waals surface area contributed by atoms with Crippen molar-refractivity contribution in [3.05, 3.63) is 45.3 Å². The van der Waals surface area contributed by atoms with E-state index in [0.29, 0.717) is 33.8 Å². The fraction of sp³-hybridized carbons (Fsp3) is 0.353. The smallest absolute Gasteiger partial charge is 0.443 e. The number of nitrogens with zero attached hydrogens (tertiary/aromatic N) is 2. The van der Waals surface area contributed by atoms with Crippen LogP contribution in [-0.2, 0) is 28.8 Å². The monoisotopic (exact) mass is 401 g/mol. The molecule has 0 fully saturated rings. The molecule has 146 valence electrons. The zero-order valence-electron chi connectivity index (χ0n) is 14.9. The average molecular weight is 401 g/mol. The molecular weight excluding hydrogens is 383 g/mol. The zero-order valence-corrected chi connectivity index (χ0v) is 15.7. The second kappa shape index (κ2) is 8.85. The number of carbonyl (C=O) groups excluding carboxylic acids is 1. The van der Waals surface area contributed by atoms with Crippen LogP contribution in [0.3, 0.4) is 0 Å². The minimum absolute atomic E-state index is 0.0316. The third-order valence-electron chi connectivity index (χ3n) is 3.49. The summed E-state index contributed by atoms with van der Waals surface area (Å²) in [5.41, 5.74) is 1.03. The maximum atomic E-state index is 12.9. The van der Waals surface area contributed by atoms with E-state index in [2.05, 4.69) is 15.5 Å². The van der Waals surface area contributed by atoms with Gasteiger partial charge in [0.2, 0.25) is 10.9 Å². The summed E-state index contributed by atoms with van der Waals surface area (Å²) >= 11 is 0.560. The van der Waals surface area contributed by atoms with Crippen LogP contribution >= 0.6 is 11.3 Å². The zero-order chi connectivity index (χ0) is 20.0. The van der Waals surface area contributed by atoms with E-state index in [9.17, 15) is 18.0 Å². The maximum Gasteiger partial charge on any atom is 0.443 e. The van der Waals surface area contributed by atoms with Crippen LogP contribution < -0.4 is 10.1 Å². The van der Waals surface area contributed by atoms with Crippen molar-refractivity contribution in [2.75, 3.05) is 14.2 Å². The number of nitrogens with one attached hydrogen (secondary N) is 1. The molecule has 0 unspecified atom stereocenters. The van der Waals surface area contributed by atoms with Gasteiger partial charge in [-0.15, -0.1) is 11.3 Å². The van der Waals surface area contributed by atoms with Crippen molar-refractivity contribution in [2.45, 2.75) is 26.1 Å². The minimum Gasteiger partial charge on any atom is -0.472 e. The highest BCUT2D eigenvalue weighted by atomic mass is 32.1. The first-order chi connectivity index (χ1) is 12.8. The van der Waals surface area contributed by atoms with Gasteiger partial charge < -0.3 is 14.9 Å². The second-order valence-electron chi connectivity index (χ2n) is 5.25. The third-order valence-corrected chi connectivity index (χ3v) is 4.71. The van der Waals surface area contributed by atoms with Crippen molar-refractivity contribution in [3.8, 4) is 5.88 Å². The summed E-state index contributed by atoms with van der Waals surface area (Å²) in [6.45, 7) is 1.65. The number of hydrogen-bond acceptors (Lipinski definition) is 6. The number of rotatable bonds is 7. The molecule has 1 aromatic heterocycles. The van der Waals surface area contributed by atoms with E-state index < -0.39 is 17.1 Å². The Morgan fingerprint density at radius 2 is 2.04 bits per heavy atom. The van der Waals surface area contributed by atoms with Gasteiger partial charge in [-0.2, -0.15) is 18.2 Å². The van der Waals surface area contributed by atoms with Gasteiger partial charge in [-0.25, -0.2) is 0 Å². The molecule has 0 aliphatic rings. The van der Waals surface area contributed by atoms with Crippen molar-refractivity contribution in [3.63, 3.8) is 0 Å². The lowest BCUT2D eigenvalue weighted by molar-refractivity contribution is -0.137. The predicted octanol–water partition coefficient (Wildman–Crippen LogP) is 3.40. The molecule has 2 aromatic rings. The lowest BCUT2D eigenvalue weighted by Crippen LogP contribution is -2.29. The van der Waals surface area contributed by atoms with Gasteiger partial charge in [-0.3, -0.25) is 4.79 Å². The Morgan fingerprint density at radius 1 is 1.33 bits per heavy atom. The van der Waals surface area contributed by atoms with Gasteiger partial charge in [-0.1, -0.05) is 36.3 Å². The van der Waals surface area contributed by atoms with E-state index in [4.69, 9.17) is 9.57 Å². The Morgan fingerprint density at radius 3 is 2.63 bits per heavy atom. The third kappa shape index (κ3) is 4.97.